The van der Waals surface area contributed by atoms with Gasteiger partial charge in [0.05, 0.1) is 0 Å². The Morgan fingerprint density at radius 2 is 2.00 bits per heavy atom. The number of benzene rings is 1. The van der Waals surface area contributed by atoms with Crippen molar-refractivity contribution in [2.75, 3.05) is 11.1 Å². The predicted molar refractivity (Wildman–Crippen MR) is 91.7 cm³/mol. The Balaban J connectivity index is 2.11. The van der Waals surface area contributed by atoms with E-state index in [-0.39, 0.29) is 17.3 Å². The molecule has 2 aromatic rings. The summed E-state index contributed by atoms with van der Waals surface area (Å²) in [7, 11) is 0. The van der Waals surface area contributed by atoms with E-state index in [2.05, 4.69) is 22.4 Å². The van der Waals surface area contributed by atoms with Gasteiger partial charge in [-0.05, 0) is 24.3 Å². The average Bonchev–Trinajstić information content (AvgIpc) is 2.95. The highest BCUT2D eigenvalue weighted by atomic mass is 32.2. The number of thioether (sulfide) groups is 1. The fourth-order valence-corrected chi connectivity index (χ4v) is 3.04. The number of nitrogens with zero attached hydrogens (tertiary/aromatic N) is 1. The lowest BCUT2D eigenvalue weighted by atomic mass is 10.2. The maximum absolute atomic E-state index is 12.2. The summed E-state index contributed by atoms with van der Waals surface area (Å²) in [4.78, 5) is 23.9. The topological polar surface area (TPSA) is 101 Å². The van der Waals surface area contributed by atoms with Crippen LogP contribution < -0.4 is 11.1 Å². The van der Waals surface area contributed by atoms with E-state index in [1.807, 2.05) is 6.07 Å². The number of carbonyl (C=O) groups excluding carboxylic acids is 2. The van der Waals surface area contributed by atoms with Gasteiger partial charge in [-0.2, -0.15) is 5.10 Å². The summed E-state index contributed by atoms with van der Waals surface area (Å²) in [6.45, 7) is 2.13. The number of rotatable bonds is 8. The van der Waals surface area contributed by atoms with Crippen molar-refractivity contribution in [2.24, 2.45) is 5.73 Å². The number of nitrogens with one attached hydrogen (secondary N) is 2. The third-order valence-corrected chi connectivity index (χ3v) is 4.30. The highest BCUT2D eigenvalue weighted by molar-refractivity contribution is 7.99. The first-order valence-corrected chi connectivity index (χ1v) is 8.49. The number of aromatic amines is 1. The highest BCUT2D eigenvalue weighted by Crippen LogP contribution is 2.27. The Labute approximate surface area is 139 Å². The van der Waals surface area contributed by atoms with Gasteiger partial charge < -0.3 is 11.1 Å². The molecule has 7 heteroatoms. The van der Waals surface area contributed by atoms with Crippen LogP contribution in [-0.2, 0) is 0 Å². The van der Waals surface area contributed by atoms with E-state index in [0.717, 1.165) is 25.0 Å². The minimum atomic E-state index is -0.611. The lowest BCUT2D eigenvalue weighted by Crippen LogP contribution is -2.18. The van der Waals surface area contributed by atoms with Crippen molar-refractivity contribution in [2.45, 2.75) is 31.2 Å². The molecular weight excluding hydrogens is 312 g/mol. The number of H-pyrrole nitrogens is 1. The van der Waals surface area contributed by atoms with Gasteiger partial charge in [-0.3, -0.25) is 14.7 Å². The van der Waals surface area contributed by atoms with Crippen LogP contribution >= 0.6 is 11.8 Å². The Morgan fingerprint density at radius 1 is 1.26 bits per heavy atom. The molecule has 0 saturated carbocycles. The van der Waals surface area contributed by atoms with E-state index in [1.54, 1.807) is 24.3 Å². The summed E-state index contributed by atoms with van der Waals surface area (Å²) in [6, 6.07) is 8.75. The first kappa shape index (κ1) is 17.1. The SMILES string of the molecule is CCCCCSc1n[nH]c(NC(=O)c2ccccc2)c1C(N)=O. The molecule has 0 radical (unpaired) electrons. The maximum Gasteiger partial charge on any atom is 0.256 e. The molecule has 4 N–H and O–H groups in total. The normalized spacial score (nSPS) is 10.5. The van der Waals surface area contributed by atoms with E-state index < -0.39 is 5.91 Å². The molecule has 0 saturated heterocycles. The maximum atomic E-state index is 12.2. The molecule has 0 aliphatic heterocycles. The van der Waals surface area contributed by atoms with Crippen molar-refractivity contribution in [1.29, 1.82) is 0 Å². The van der Waals surface area contributed by atoms with Crippen LogP contribution in [0.5, 0.6) is 0 Å². The molecule has 1 heterocycles. The zero-order valence-corrected chi connectivity index (χ0v) is 13.8. The summed E-state index contributed by atoms with van der Waals surface area (Å²) in [6.07, 6.45) is 3.29. The van der Waals surface area contributed by atoms with Crippen LogP contribution in [0, 0.1) is 0 Å². The van der Waals surface area contributed by atoms with Gasteiger partial charge in [-0.15, -0.1) is 11.8 Å². The number of amides is 2. The van der Waals surface area contributed by atoms with Crippen molar-refractivity contribution in [3.05, 3.63) is 41.5 Å². The number of primary amides is 1. The van der Waals surface area contributed by atoms with Gasteiger partial charge in [0.2, 0.25) is 0 Å². The largest absolute Gasteiger partial charge is 0.365 e. The summed E-state index contributed by atoms with van der Waals surface area (Å²) in [5, 5.41) is 9.98. The van der Waals surface area contributed by atoms with Crippen LogP contribution in [0.25, 0.3) is 0 Å². The number of nitrogens with two attached hydrogens (primary N) is 1. The molecule has 0 unspecified atom stereocenters. The summed E-state index contributed by atoms with van der Waals surface area (Å²) < 4.78 is 0. The molecule has 23 heavy (non-hydrogen) atoms. The Bertz CT molecular complexity index is 670. The molecule has 1 aromatic heterocycles. The van der Waals surface area contributed by atoms with Gasteiger partial charge in [-0.1, -0.05) is 38.0 Å². The molecule has 0 atom stereocenters. The van der Waals surface area contributed by atoms with E-state index in [9.17, 15) is 9.59 Å². The minimum Gasteiger partial charge on any atom is -0.365 e. The average molecular weight is 332 g/mol. The number of hydrogen-bond acceptors (Lipinski definition) is 4. The molecule has 0 aliphatic rings. The molecule has 1 aromatic carbocycles. The molecule has 0 fully saturated rings. The van der Waals surface area contributed by atoms with Crippen LogP contribution in [0.2, 0.25) is 0 Å². The monoisotopic (exact) mass is 332 g/mol. The number of aromatic nitrogens is 2. The highest BCUT2D eigenvalue weighted by Gasteiger charge is 2.20. The fourth-order valence-electron chi connectivity index (χ4n) is 2.05. The summed E-state index contributed by atoms with van der Waals surface area (Å²) >= 11 is 1.46. The van der Waals surface area contributed by atoms with Crippen LogP contribution in [0.15, 0.2) is 35.4 Å². The predicted octanol–water partition coefficient (Wildman–Crippen LogP) is 3.04. The second-order valence-corrected chi connectivity index (χ2v) is 6.10. The molecule has 0 bridgehead atoms. The smallest absolute Gasteiger partial charge is 0.256 e. The molecule has 0 spiro atoms. The van der Waals surface area contributed by atoms with E-state index in [1.165, 1.54) is 11.8 Å². The third kappa shape index (κ3) is 4.59. The van der Waals surface area contributed by atoms with Crippen molar-refractivity contribution >= 4 is 29.4 Å². The van der Waals surface area contributed by atoms with Crippen molar-refractivity contribution in [1.82, 2.24) is 10.2 Å². The number of unbranched alkanes of at least 4 members (excludes halogenated alkanes) is 2. The second-order valence-electron chi connectivity index (χ2n) is 5.02. The number of anilines is 1. The summed E-state index contributed by atoms with van der Waals surface area (Å²) in [5.41, 5.74) is 6.17. The van der Waals surface area contributed by atoms with E-state index in [0.29, 0.717) is 10.6 Å². The van der Waals surface area contributed by atoms with Gasteiger partial charge in [0.25, 0.3) is 11.8 Å². The lowest BCUT2D eigenvalue weighted by molar-refractivity contribution is 0.0998. The summed E-state index contributed by atoms with van der Waals surface area (Å²) in [5.74, 6) is 0.161. The third-order valence-electron chi connectivity index (χ3n) is 3.24. The van der Waals surface area contributed by atoms with Crippen LogP contribution in [-0.4, -0.2) is 27.8 Å². The Morgan fingerprint density at radius 3 is 2.65 bits per heavy atom. The van der Waals surface area contributed by atoms with Crippen LogP contribution in [0.1, 0.15) is 46.9 Å². The molecule has 0 aliphatic carbocycles. The molecule has 122 valence electrons. The van der Waals surface area contributed by atoms with E-state index in [4.69, 9.17) is 5.73 Å². The molecular formula is C16H20N4O2S. The van der Waals surface area contributed by atoms with Crippen LogP contribution in [0.4, 0.5) is 5.82 Å². The zero-order chi connectivity index (χ0) is 16.7. The number of hydrogen-bond donors (Lipinski definition) is 3. The van der Waals surface area contributed by atoms with Crippen molar-refractivity contribution < 1.29 is 9.59 Å². The zero-order valence-electron chi connectivity index (χ0n) is 13.0. The van der Waals surface area contributed by atoms with Gasteiger partial charge in [0, 0.05) is 5.56 Å². The van der Waals surface area contributed by atoms with Gasteiger partial charge in [0.15, 0.2) is 0 Å². The number of carbonyl (C=O) groups is 2. The Hall–Kier alpha value is -2.28. The van der Waals surface area contributed by atoms with Gasteiger partial charge >= 0.3 is 0 Å². The first-order valence-electron chi connectivity index (χ1n) is 7.50. The standard InChI is InChI=1S/C16H20N4O2S/c1-2-3-7-10-23-16-12(13(17)21)14(19-20-16)18-15(22)11-8-5-4-6-9-11/h4-6,8-9H,2-3,7,10H2,1H3,(H2,17,21)(H2,18,19,20,22). The van der Waals surface area contributed by atoms with Gasteiger partial charge in [-0.25, -0.2) is 0 Å². The first-order chi connectivity index (χ1) is 11.1. The molecule has 2 rings (SSSR count). The van der Waals surface area contributed by atoms with E-state index >= 15 is 0 Å². The second kappa shape index (κ2) is 8.38. The van der Waals surface area contributed by atoms with Gasteiger partial charge in [0.1, 0.15) is 16.4 Å². The fraction of sp³-hybridized carbons (Fsp3) is 0.312. The quantitative estimate of drug-likeness (QED) is 0.511. The van der Waals surface area contributed by atoms with Crippen molar-refractivity contribution in [3.8, 4) is 0 Å². The van der Waals surface area contributed by atoms with Crippen LogP contribution in [0.3, 0.4) is 0 Å². The molecule has 6 nitrogen and oxygen atoms in total. The molecule has 2 amide bonds. The minimum absolute atomic E-state index is 0.232. The Kier molecular flexibility index (Phi) is 6.22. The lowest BCUT2D eigenvalue weighted by Gasteiger charge is -2.05. The van der Waals surface area contributed by atoms with Crippen molar-refractivity contribution in [3.63, 3.8) is 0 Å².